The van der Waals surface area contributed by atoms with Crippen molar-refractivity contribution in [3.63, 3.8) is 0 Å². The molecule has 122 valence electrons. The van der Waals surface area contributed by atoms with Gasteiger partial charge in [-0.3, -0.25) is 9.80 Å². The Hall–Kier alpha value is -0.610. The number of likely N-dealkylation sites (tertiary alicyclic amines) is 2. The lowest BCUT2D eigenvalue weighted by Crippen LogP contribution is -2.50. The van der Waals surface area contributed by atoms with Crippen molar-refractivity contribution in [2.24, 2.45) is 5.92 Å². The highest BCUT2D eigenvalue weighted by molar-refractivity contribution is 6.30. The maximum atomic E-state index is 9.28. The van der Waals surface area contributed by atoms with Crippen molar-refractivity contribution in [2.45, 2.75) is 38.3 Å². The normalized spacial score (nSPS) is 25.5. The van der Waals surface area contributed by atoms with Crippen LogP contribution >= 0.6 is 11.6 Å². The summed E-state index contributed by atoms with van der Waals surface area (Å²) in [6.45, 7) is 6.03. The van der Waals surface area contributed by atoms with Gasteiger partial charge in [-0.2, -0.15) is 0 Å². The van der Waals surface area contributed by atoms with Crippen LogP contribution in [-0.4, -0.2) is 53.7 Å². The lowest BCUT2D eigenvalue weighted by atomic mass is 9.94. The van der Waals surface area contributed by atoms with Crippen LogP contribution in [0, 0.1) is 5.92 Å². The van der Waals surface area contributed by atoms with Crippen molar-refractivity contribution in [3.05, 3.63) is 34.9 Å². The van der Waals surface area contributed by atoms with E-state index in [1.54, 1.807) is 0 Å². The summed E-state index contributed by atoms with van der Waals surface area (Å²) in [5, 5.41) is 10.1. The molecule has 0 saturated carbocycles. The van der Waals surface area contributed by atoms with Crippen molar-refractivity contribution in [3.8, 4) is 0 Å². The average molecular weight is 323 g/mol. The molecule has 2 saturated heterocycles. The fraction of sp³-hybridized carbons (Fsp3) is 0.667. The van der Waals surface area contributed by atoms with Gasteiger partial charge in [0.1, 0.15) is 0 Å². The van der Waals surface area contributed by atoms with Crippen LogP contribution in [0.5, 0.6) is 0 Å². The van der Waals surface area contributed by atoms with E-state index >= 15 is 0 Å². The van der Waals surface area contributed by atoms with Crippen molar-refractivity contribution in [1.82, 2.24) is 9.80 Å². The SMILES string of the molecule is OCC1CCN([C@H]2CCCN(Cc3cccc(Cl)c3)C2)CC1. The zero-order valence-corrected chi connectivity index (χ0v) is 14.0. The molecule has 4 heteroatoms. The quantitative estimate of drug-likeness (QED) is 0.923. The fourth-order valence-electron chi connectivity index (χ4n) is 3.87. The second-order valence-corrected chi connectivity index (χ2v) is 7.26. The van der Waals surface area contributed by atoms with Gasteiger partial charge in [-0.1, -0.05) is 23.7 Å². The Morgan fingerprint density at radius 3 is 2.68 bits per heavy atom. The van der Waals surface area contributed by atoms with Crippen LogP contribution in [0.4, 0.5) is 0 Å². The lowest BCUT2D eigenvalue weighted by molar-refractivity contribution is 0.0544. The Bertz CT molecular complexity index is 474. The monoisotopic (exact) mass is 322 g/mol. The number of halogens is 1. The minimum Gasteiger partial charge on any atom is -0.396 e. The summed E-state index contributed by atoms with van der Waals surface area (Å²) in [6.07, 6.45) is 4.91. The first-order chi connectivity index (χ1) is 10.7. The van der Waals surface area contributed by atoms with Crippen LogP contribution in [0.3, 0.4) is 0 Å². The highest BCUT2D eigenvalue weighted by Gasteiger charge is 2.28. The maximum Gasteiger partial charge on any atom is 0.0460 e. The number of rotatable bonds is 4. The Labute approximate surface area is 138 Å². The van der Waals surface area contributed by atoms with Gasteiger partial charge >= 0.3 is 0 Å². The Morgan fingerprint density at radius 1 is 1.14 bits per heavy atom. The van der Waals surface area contributed by atoms with E-state index in [0.29, 0.717) is 18.6 Å². The molecule has 0 radical (unpaired) electrons. The molecule has 0 aromatic heterocycles. The summed E-state index contributed by atoms with van der Waals surface area (Å²) in [7, 11) is 0. The molecule has 0 spiro atoms. The fourth-order valence-corrected chi connectivity index (χ4v) is 4.08. The summed E-state index contributed by atoms with van der Waals surface area (Å²) in [4.78, 5) is 5.22. The molecule has 0 aliphatic carbocycles. The van der Waals surface area contributed by atoms with E-state index in [-0.39, 0.29) is 0 Å². The third kappa shape index (κ3) is 4.23. The number of nitrogens with zero attached hydrogens (tertiary/aromatic N) is 2. The summed E-state index contributed by atoms with van der Waals surface area (Å²) >= 11 is 6.09. The number of hydrogen-bond acceptors (Lipinski definition) is 3. The molecule has 2 fully saturated rings. The molecule has 1 aromatic rings. The molecule has 0 unspecified atom stereocenters. The van der Waals surface area contributed by atoms with Crippen molar-refractivity contribution < 1.29 is 5.11 Å². The van der Waals surface area contributed by atoms with E-state index in [1.165, 1.54) is 24.9 Å². The number of aliphatic hydroxyl groups is 1. The maximum absolute atomic E-state index is 9.28. The third-order valence-corrected chi connectivity index (χ3v) is 5.43. The predicted molar refractivity (Wildman–Crippen MR) is 91.1 cm³/mol. The molecule has 0 amide bonds. The van der Waals surface area contributed by atoms with Gasteiger partial charge in [0.15, 0.2) is 0 Å². The topological polar surface area (TPSA) is 26.7 Å². The van der Waals surface area contributed by atoms with Crippen LogP contribution in [0.15, 0.2) is 24.3 Å². The van der Waals surface area contributed by atoms with Gasteiger partial charge in [0, 0.05) is 30.8 Å². The van der Waals surface area contributed by atoms with Crippen LogP contribution in [-0.2, 0) is 6.54 Å². The molecule has 1 N–H and O–H groups in total. The number of piperidine rings is 2. The zero-order chi connectivity index (χ0) is 15.4. The van der Waals surface area contributed by atoms with E-state index in [1.807, 2.05) is 12.1 Å². The zero-order valence-electron chi connectivity index (χ0n) is 13.3. The minimum absolute atomic E-state index is 0.361. The molecule has 1 atom stereocenters. The van der Waals surface area contributed by atoms with Crippen LogP contribution in [0.2, 0.25) is 5.02 Å². The van der Waals surface area contributed by atoms with Crippen molar-refractivity contribution in [1.29, 1.82) is 0 Å². The molecule has 3 rings (SSSR count). The Balaban J connectivity index is 1.53. The first-order valence-corrected chi connectivity index (χ1v) is 8.94. The summed E-state index contributed by atoms with van der Waals surface area (Å²) in [5.74, 6) is 0.530. The van der Waals surface area contributed by atoms with Crippen molar-refractivity contribution in [2.75, 3.05) is 32.8 Å². The third-order valence-electron chi connectivity index (χ3n) is 5.20. The predicted octanol–water partition coefficient (Wildman–Crippen LogP) is 3.01. The van der Waals surface area contributed by atoms with Crippen molar-refractivity contribution >= 4 is 11.6 Å². The summed E-state index contributed by atoms with van der Waals surface area (Å²) in [6, 6.07) is 8.92. The largest absolute Gasteiger partial charge is 0.396 e. The highest BCUT2D eigenvalue weighted by Crippen LogP contribution is 2.24. The van der Waals surface area contributed by atoms with Gasteiger partial charge in [0.05, 0.1) is 0 Å². The number of aliphatic hydroxyl groups excluding tert-OH is 1. The molecule has 0 bridgehead atoms. The molecule has 3 nitrogen and oxygen atoms in total. The summed E-state index contributed by atoms with van der Waals surface area (Å²) in [5.41, 5.74) is 1.31. The van der Waals surface area contributed by atoms with Gasteiger partial charge in [0.25, 0.3) is 0 Å². The number of hydrogen-bond donors (Lipinski definition) is 1. The highest BCUT2D eigenvalue weighted by atomic mass is 35.5. The average Bonchev–Trinajstić information content (AvgIpc) is 2.55. The minimum atomic E-state index is 0.361. The number of benzene rings is 1. The second kappa shape index (κ2) is 7.78. The summed E-state index contributed by atoms with van der Waals surface area (Å²) < 4.78 is 0. The van der Waals surface area contributed by atoms with Gasteiger partial charge in [-0.15, -0.1) is 0 Å². The van der Waals surface area contributed by atoms with Crippen LogP contribution < -0.4 is 0 Å². The van der Waals surface area contributed by atoms with E-state index in [4.69, 9.17) is 11.6 Å². The molecular formula is C18H27ClN2O. The molecular weight excluding hydrogens is 296 g/mol. The van der Waals surface area contributed by atoms with E-state index in [9.17, 15) is 5.11 Å². The van der Waals surface area contributed by atoms with E-state index in [0.717, 1.165) is 44.0 Å². The molecule has 22 heavy (non-hydrogen) atoms. The van der Waals surface area contributed by atoms with Crippen LogP contribution in [0.25, 0.3) is 0 Å². The van der Waals surface area contributed by atoms with Gasteiger partial charge in [-0.05, 0) is 68.9 Å². The molecule has 2 heterocycles. The molecule has 2 aliphatic heterocycles. The Morgan fingerprint density at radius 2 is 1.95 bits per heavy atom. The molecule has 1 aromatic carbocycles. The molecule has 2 aliphatic rings. The second-order valence-electron chi connectivity index (χ2n) is 6.82. The Kier molecular flexibility index (Phi) is 5.75. The smallest absolute Gasteiger partial charge is 0.0460 e. The first-order valence-electron chi connectivity index (χ1n) is 8.56. The van der Waals surface area contributed by atoms with E-state index < -0.39 is 0 Å². The first kappa shape index (κ1) is 16.3. The van der Waals surface area contributed by atoms with Gasteiger partial charge in [-0.25, -0.2) is 0 Å². The van der Waals surface area contributed by atoms with E-state index in [2.05, 4.69) is 21.9 Å². The van der Waals surface area contributed by atoms with Gasteiger partial charge in [0.2, 0.25) is 0 Å². The van der Waals surface area contributed by atoms with Gasteiger partial charge < -0.3 is 5.11 Å². The standard InChI is InChI=1S/C18H27ClN2O/c19-17-4-1-3-16(11-17)12-20-8-2-5-18(13-20)21-9-6-15(14-22)7-10-21/h1,3-4,11,15,18,22H,2,5-10,12-14H2/t18-/m0/s1. The van der Waals surface area contributed by atoms with Crippen LogP contribution in [0.1, 0.15) is 31.2 Å². The lowest BCUT2D eigenvalue weighted by Gasteiger charge is -2.42.